The summed E-state index contributed by atoms with van der Waals surface area (Å²) in [6.45, 7) is 0.0133. The van der Waals surface area contributed by atoms with E-state index < -0.39 is 11.9 Å². The van der Waals surface area contributed by atoms with Crippen LogP contribution in [0.5, 0.6) is 0 Å². The molecule has 4 nitrogen and oxygen atoms in total. The van der Waals surface area contributed by atoms with Crippen molar-refractivity contribution in [1.82, 2.24) is 5.32 Å². The van der Waals surface area contributed by atoms with Gasteiger partial charge in [-0.25, -0.2) is 4.39 Å². The Morgan fingerprint density at radius 1 is 1.05 bits per heavy atom. The minimum atomic E-state index is -0.992. The first kappa shape index (κ1) is 15.7. The standard InChI is InChI=1S/C17H16FNO3/c18-14-8-6-12(7-9-14)10-16(20)19-11-15(17(21)22)13-4-2-1-3-5-13/h1-9,15H,10-11H2,(H,19,20)(H,21,22). The van der Waals surface area contributed by atoms with Gasteiger partial charge in [0.25, 0.3) is 0 Å². The van der Waals surface area contributed by atoms with Crippen LogP contribution in [0.25, 0.3) is 0 Å². The van der Waals surface area contributed by atoms with Gasteiger partial charge in [0.05, 0.1) is 12.3 Å². The van der Waals surface area contributed by atoms with Crippen LogP contribution in [0.3, 0.4) is 0 Å². The van der Waals surface area contributed by atoms with Crippen molar-refractivity contribution in [3.8, 4) is 0 Å². The molecule has 0 saturated carbocycles. The molecule has 1 atom stereocenters. The molecule has 0 aliphatic rings. The highest BCUT2D eigenvalue weighted by atomic mass is 19.1. The van der Waals surface area contributed by atoms with Gasteiger partial charge in [-0.2, -0.15) is 0 Å². The molecule has 114 valence electrons. The second-order valence-electron chi connectivity index (χ2n) is 4.91. The van der Waals surface area contributed by atoms with Crippen LogP contribution in [-0.4, -0.2) is 23.5 Å². The maximum atomic E-state index is 12.8. The van der Waals surface area contributed by atoms with Crippen LogP contribution in [0.4, 0.5) is 4.39 Å². The molecular weight excluding hydrogens is 285 g/mol. The average Bonchev–Trinajstić information content (AvgIpc) is 2.50. The lowest BCUT2D eigenvalue weighted by Gasteiger charge is -2.13. The largest absolute Gasteiger partial charge is 0.481 e. The molecule has 5 heteroatoms. The number of rotatable bonds is 6. The van der Waals surface area contributed by atoms with Crippen molar-refractivity contribution in [3.63, 3.8) is 0 Å². The summed E-state index contributed by atoms with van der Waals surface area (Å²) in [6.07, 6.45) is 0.0847. The topological polar surface area (TPSA) is 66.4 Å². The Hall–Kier alpha value is -2.69. The van der Waals surface area contributed by atoms with Gasteiger partial charge in [0.2, 0.25) is 5.91 Å². The van der Waals surface area contributed by atoms with Gasteiger partial charge in [-0.15, -0.1) is 0 Å². The van der Waals surface area contributed by atoms with E-state index in [2.05, 4.69) is 5.32 Å². The Morgan fingerprint density at radius 3 is 2.27 bits per heavy atom. The molecule has 2 aromatic rings. The Labute approximate surface area is 127 Å². The zero-order chi connectivity index (χ0) is 15.9. The van der Waals surface area contributed by atoms with E-state index >= 15 is 0 Å². The number of aliphatic carboxylic acids is 1. The second-order valence-corrected chi connectivity index (χ2v) is 4.91. The van der Waals surface area contributed by atoms with Crippen LogP contribution in [0.2, 0.25) is 0 Å². The first-order valence-corrected chi connectivity index (χ1v) is 6.85. The fourth-order valence-corrected chi connectivity index (χ4v) is 2.10. The number of carbonyl (C=O) groups is 2. The van der Waals surface area contributed by atoms with Crippen LogP contribution >= 0.6 is 0 Å². The van der Waals surface area contributed by atoms with Crippen molar-refractivity contribution < 1.29 is 19.1 Å². The third-order valence-electron chi connectivity index (χ3n) is 3.28. The predicted molar refractivity (Wildman–Crippen MR) is 79.9 cm³/mol. The van der Waals surface area contributed by atoms with Crippen LogP contribution < -0.4 is 5.32 Å². The van der Waals surface area contributed by atoms with Crippen molar-refractivity contribution in [2.45, 2.75) is 12.3 Å². The minimum absolute atomic E-state index is 0.0133. The summed E-state index contributed by atoms with van der Waals surface area (Å²) in [6, 6.07) is 14.4. The molecule has 0 aromatic heterocycles. The third kappa shape index (κ3) is 4.41. The highest BCUT2D eigenvalue weighted by molar-refractivity contribution is 5.81. The van der Waals surface area contributed by atoms with Gasteiger partial charge in [-0.05, 0) is 23.3 Å². The van der Waals surface area contributed by atoms with E-state index in [-0.39, 0.29) is 24.7 Å². The number of hydrogen-bond donors (Lipinski definition) is 2. The molecule has 0 bridgehead atoms. The smallest absolute Gasteiger partial charge is 0.312 e. The monoisotopic (exact) mass is 301 g/mol. The number of amides is 1. The van der Waals surface area contributed by atoms with Gasteiger partial charge in [0, 0.05) is 6.54 Å². The summed E-state index contributed by atoms with van der Waals surface area (Å²) in [5, 5.41) is 11.9. The van der Waals surface area contributed by atoms with Gasteiger partial charge < -0.3 is 10.4 Å². The summed E-state index contributed by atoms with van der Waals surface area (Å²) in [5.74, 6) is -2.44. The molecule has 0 fully saturated rings. The van der Waals surface area contributed by atoms with E-state index in [9.17, 15) is 19.1 Å². The van der Waals surface area contributed by atoms with E-state index in [1.54, 1.807) is 30.3 Å². The maximum Gasteiger partial charge on any atom is 0.312 e. The quantitative estimate of drug-likeness (QED) is 0.860. The Kier molecular flexibility index (Phi) is 5.25. The third-order valence-corrected chi connectivity index (χ3v) is 3.28. The maximum absolute atomic E-state index is 12.8. The van der Waals surface area contributed by atoms with E-state index in [0.717, 1.165) is 0 Å². The molecule has 1 unspecified atom stereocenters. The van der Waals surface area contributed by atoms with E-state index in [1.807, 2.05) is 0 Å². The van der Waals surface area contributed by atoms with Crippen molar-refractivity contribution >= 4 is 11.9 Å². The van der Waals surface area contributed by atoms with Gasteiger partial charge in [0.1, 0.15) is 5.82 Å². The minimum Gasteiger partial charge on any atom is -0.481 e. The number of carbonyl (C=O) groups excluding carboxylic acids is 1. The molecule has 0 spiro atoms. The van der Waals surface area contributed by atoms with Crippen molar-refractivity contribution in [3.05, 3.63) is 71.5 Å². The summed E-state index contributed by atoms with van der Waals surface area (Å²) in [4.78, 5) is 23.2. The molecule has 1 amide bonds. The molecule has 2 N–H and O–H groups in total. The molecule has 2 aromatic carbocycles. The predicted octanol–water partition coefficient (Wildman–Crippen LogP) is 2.35. The average molecular weight is 301 g/mol. The molecule has 0 radical (unpaired) electrons. The molecule has 0 heterocycles. The second kappa shape index (κ2) is 7.36. The number of halogens is 1. The highest BCUT2D eigenvalue weighted by Gasteiger charge is 2.20. The molecule has 0 aliphatic carbocycles. The Morgan fingerprint density at radius 2 is 1.68 bits per heavy atom. The number of benzene rings is 2. The SMILES string of the molecule is O=C(Cc1ccc(F)cc1)NCC(C(=O)O)c1ccccc1. The fraction of sp³-hybridized carbons (Fsp3) is 0.176. The first-order chi connectivity index (χ1) is 10.6. The normalized spacial score (nSPS) is 11.7. The zero-order valence-corrected chi connectivity index (χ0v) is 11.8. The Balaban J connectivity index is 1.93. The van der Waals surface area contributed by atoms with Gasteiger partial charge in [-0.3, -0.25) is 9.59 Å². The lowest BCUT2D eigenvalue weighted by atomic mass is 9.99. The van der Waals surface area contributed by atoms with E-state index in [0.29, 0.717) is 11.1 Å². The van der Waals surface area contributed by atoms with Crippen LogP contribution in [0.1, 0.15) is 17.0 Å². The Bertz CT molecular complexity index is 641. The molecule has 2 rings (SSSR count). The summed E-state index contributed by atoms with van der Waals surface area (Å²) in [7, 11) is 0. The summed E-state index contributed by atoms with van der Waals surface area (Å²) < 4.78 is 12.8. The molecule has 0 aliphatic heterocycles. The number of carboxylic acid groups (broad SMARTS) is 1. The number of hydrogen-bond acceptors (Lipinski definition) is 2. The lowest BCUT2D eigenvalue weighted by Crippen LogP contribution is -2.32. The van der Waals surface area contributed by atoms with Gasteiger partial charge in [0.15, 0.2) is 0 Å². The summed E-state index contributed by atoms with van der Waals surface area (Å²) in [5.41, 5.74) is 1.31. The molecule has 0 saturated heterocycles. The van der Waals surface area contributed by atoms with Crippen LogP contribution in [0.15, 0.2) is 54.6 Å². The first-order valence-electron chi connectivity index (χ1n) is 6.85. The fourth-order valence-electron chi connectivity index (χ4n) is 2.10. The van der Waals surface area contributed by atoms with E-state index in [1.165, 1.54) is 24.3 Å². The highest BCUT2D eigenvalue weighted by Crippen LogP contribution is 2.14. The van der Waals surface area contributed by atoms with Crippen LogP contribution in [0, 0.1) is 5.82 Å². The number of carboxylic acids is 1. The van der Waals surface area contributed by atoms with Gasteiger partial charge in [-0.1, -0.05) is 42.5 Å². The van der Waals surface area contributed by atoms with E-state index in [4.69, 9.17) is 0 Å². The molecular formula is C17H16FNO3. The zero-order valence-electron chi connectivity index (χ0n) is 11.8. The number of nitrogens with one attached hydrogen (secondary N) is 1. The summed E-state index contributed by atoms with van der Waals surface area (Å²) >= 11 is 0. The lowest BCUT2D eigenvalue weighted by molar-refractivity contribution is -0.138. The van der Waals surface area contributed by atoms with Crippen molar-refractivity contribution in [2.24, 2.45) is 0 Å². The molecule has 22 heavy (non-hydrogen) atoms. The van der Waals surface area contributed by atoms with Crippen molar-refractivity contribution in [1.29, 1.82) is 0 Å². The van der Waals surface area contributed by atoms with Crippen LogP contribution in [-0.2, 0) is 16.0 Å². The van der Waals surface area contributed by atoms with Crippen molar-refractivity contribution in [2.75, 3.05) is 6.54 Å². The van der Waals surface area contributed by atoms with Gasteiger partial charge >= 0.3 is 5.97 Å².